The van der Waals surface area contributed by atoms with Gasteiger partial charge in [0.15, 0.2) is 11.5 Å². The summed E-state index contributed by atoms with van der Waals surface area (Å²) in [7, 11) is 0. The molecule has 1 atom stereocenters. The summed E-state index contributed by atoms with van der Waals surface area (Å²) in [4.78, 5) is 19.1. The Balaban J connectivity index is 1.62. The molecule has 4 rings (SSSR count). The Labute approximate surface area is 187 Å². The van der Waals surface area contributed by atoms with Gasteiger partial charge in [-0.3, -0.25) is 4.79 Å². The van der Waals surface area contributed by atoms with Gasteiger partial charge in [0.1, 0.15) is 33.5 Å². The lowest BCUT2D eigenvalue weighted by molar-refractivity contribution is 0.102. The zero-order valence-electron chi connectivity index (χ0n) is 17.4. The maximum absolute atomic E-state index is 14.1. The normalized spacial score (nSPS) is 16.8. The fourth-order valence-electron chi connectivity index (χ4n) is 3.78. The second kappa shape index (κ2) is 9.19. The number of nitrogen functional groups attached to an aromatic ring is 1. The predicted octanol–water partition coefficient (Wildman–Crippen LogP) is 4.47. The number of halogens is 3. The molecule has 1 saturated heterocycles. The molecular formula is C21H23F3N6OS. The topological polar surface area (TPSA) is 89.1 Å². The molecule has 3 heterocycles. The van der Waals surface area contributed by atoms with Crippen molar-refractivity contribution >= 4 is 33.8 Å². The van der Waals surface area contributed by atoms with Crippen LogP contribution in [0.2, 0.25) is 0 Å². The van der Waals surface area contributed by atoms with E-state index in [9.17, 15) is 18.0 Å². The van der Waals surface area contributed by atoms with Crippen LogP contribution in [0.1, 0.15) is 36.7 Å². The van der Waals surface area contributed by atoms with E-state index in [0.717, 1.165) is 23.5 Å². The Morgan fingerprint density at radius 1 is 1.28 bits per heavy atom. The van der Waals surface area contributed by atoms with E-state index in [1.165, 1.54) is 12.3 Å². The van der Waals surface area contributed by atoms with E-state index in [0.29, 0.717) is 50.4 Å². The molecular weight excluding hydrogens is 441 g/mol. The number of benzene rings is 1. The average molecular weight is 465 g/mol. The number of hydrogen-bond donors (Lipinski definition) is 2. The maximum atomic E-state index is 14.1. The summed E-state index contributed by atoms with van der Waals surface area (Å²) in [5.41, 5.74) is 5.96. The van der Waals surface area contributed by atoms with E-state index in [-0.39, 0.29) is 21.3 Å². The Hall–Kier alpha value is -3.08. The molecule has 0 radical (unpaired) electrons. The lowest BCUT2D eigenvalue weighted by Crippen LogP contribution is -2.28. The number of carbonyl (C=O) groups excluding carboxylic acids is 1. The molecule has 11 heteroatoms. The molecule has 1 aliphatic heterocycles. The lowest BCUT2D eigenvalue weighted by atomic mass is 10.2. The van der Waals surface area contributed by atoms with Crippen LogP contribution in [0.5, 0.6) is 0 Å². The van der Waals surface area contributed by atoms with Crippen molar-refractivity contribution in [3.63, 3.8) is 0 Å². The number of alkyl halides is 1. The molecule has 3 aromatic rings. The number of nitrogens with zero attached hydrogens (tertiary/aromatic N) is 4. The van der Waals surface area contributed by atoms with Crippen LogP contribution in [0.3, 0.4) is 0 Å². The first-order valence-electron chi connectivity index (χ1n) is 10.4. The van der Waals surface area contributed by atoms with E-state index in [4.69, 9.17) is 5.73 Å². The van der Waals surface area contributed by atoms with E-state index < -0.39 is 23.7 Å². The van der Waals surface area contributed by atoms with Gasteiger partial charge in [-0.15, -0.1) is 0 Å². The van der Waals surface area contributed by atoms with Gasteiger partial charge in [0.05, 0.1) is 11.8 Å². The average Bonchev–Trinajstić information content (AvgIpc) is 3.26. The molecule has 1 fully saturated rings. The van der Waals surface area contributed by atoms with Gasteiger partial charge in [0, 0.05) is 19.6 Å². The monoisotopic (exact) mass is 464 g/mol. The summed E-state index contributed by atoms with van der Waals surface area (Å²) in [5.74, 6) is -1.50. The van der Waals surface area contributed by atoms with Crippen LogP contribution in [-0.4, -0.2) is 39.9 Å². The number of nitrogens with one attached hydrogen (secondary N) is 1. The summed E-state index contributed by atoms with van der Waals surface area (Å²) in [6.45, 7) is 3.64. The summed E-state index contributed by atoms with van der Waals surface area (Å²) >= 11 is 0.833. The summed E-state index contributed by atoms with van der Waals surface area (Å²) < 4.78 is 43.8. The van der Waals surface area contributed by atoms with Crippen LogP contribution < -0.4 is 16.0 Å². The molecule has 2 aromatic heterocycles. The molecule has 0 aliphatic carbocycles. The van der Waals surface area contributed by atoms with Gasteiger partial charge in [-0.05, 0) is 38.3 Å². The van der Waals surface area contributed by atoms with Crippen molar-refractivity contribution in [1.82, 2.24) is 14.8 Å². The van der Waals surface area contributed by atoms with Gasteiger partial charge < -0.3 is 16.0 Å². The fraction of sp³-hybridized carbons (Fsp3) is 0.381. The van der Waals surface area contributed by atoms with Crippen molar-refractivity contribution < 1.29 is 18.0 Å². The van der Waals surface area contributed by atoms with Crippen LogP contribution in [0.15, 0.2) is 24.4 Å². The number of rotatable bonds is 5. The molecule has 0 spiro atoms. The third-order valence-electron chi connectivity index (χ3n) is 5.36. The number of aryl methyl sites for hydroxylation is 1. The van der Waals surface area contributed by atoms with Gasteiger partial charge >= 0.3 is 0 Å². The van der Waals surface area contributed by atoms with Crippen LogP contribution in [-0.2, 0) is 6.54 Å². The number of anilines is 3. The highest BCUT2D eigenvalue weighted by Crippen LogP contribution is 2.35. The predicted molar refractivity (Wildman–Crippen MR) is 119 cm³/mol. The van der Waals surface area contributed by atoms with Crippen LogP contribution in [0.4, 0.5) is 29.7 Å². The zero-order valence-corrected chi connectivity index (χ0v) is 18.3. The SMILES string of the molecule is CCn1ncc(NC(=O)c2nc(-c3c(F)cccc3F)sc2N)c1N1CCC[C@@H](F)CC1. The molecule has 1 aliphatic rings. The standard InChI is InChI=1S/C21H23F3N6OS/c1-2-30-21(29-9-4-5-12(22)8-10-29)15(11-26-30)27-19(31)17-18(25)32-20(28-17)16-13(23)6-3-7-14(16)24/h3,6-7,11-12H,2,4-5,8-10,25H2,1H3,(H,27,31)/t12-/m1/s1. The van der Waals surface area contributed by atoms with Gasteiger partial charge in [-0.2, -0.15) is 5.10 Å². The van der Waals surface area contributed by atoms with Gasteiger partial charge in [0.2, 0.25) is 0 Å². The van der Waals surface area contributed by atoms with E-state index in [1.54, 1.807) is 4.68 Å². The number of amides is 1. The third-order valence-corrected chi connectivity index (χ3v) is 6.26. The Kier molecular flexibility index (Phi) is 6.35. The largest absolute Gasteiger partial charge is 0.389 e. The zero-order chi connectivity index (χ0) is 22.8. The molecule has 3 N–H and O–H groups in total. The second-order valence-electron chi connectivity index (χ2n) is 7.50. The second-order valence-corrected chi connectivity index (χ2v) is 8.53. The van der Waals surface area contributed by atoms with E-state index in [1.807, 2.05) is 11.8 Å². The Bertz CT molecular complexity index is 1110. The molecule has 1 aromatic carbocycles. The summed E-state index contributed by atoms with van der Waals surface area (Å²) in [6.07, 6.45) is 2.28. The van der Waals surface area contributed by atoms with Crippen molar-refractivity contribution in [3.8, 4) is 10.6 Å². The highest BCUT2D eigenvalue weighted by Gasteiger charge is 2.26. The van der Waals surface area contributed by atoms with Crippen molar-refractivity contribution in [2.75, 3.05) is 29.0 Å². The highest BCUT2D eigenvalue weighted by molar-refractivity contribution is 7.19. The maximum Gasteiger partial charge on any atom is 0.277 e. The minimum Gasteiger partial charge on any atom is -0.389 e. The third kappa shape index (κ3) is 4.29. The summed E-state index contributed by atoms with van der Waals surface area (Å²) in [6, 6.07) is 3.48. The lowest BCUT2D eigenvalue weighted by Gasteiger charge is -2.24. The molecule has 0 unspecified atom stereocenters. The number of carbonyl (C=O) groups is 1. The smallest absolute Gasteiger partial charge is 0.277 e. The number of aromatic nitrogens is 3. The van der Waals surface area contributed by atoms with Crippen molar-refractivity contribution in [2.24, 2.45) is 0 Å². The molecule has 32 heavy (non-hydrogen) atoms. The van der Waals surface area contributed by atoms with Crippen molar-refractivity contribution in [1.29, 1.82) is 0 Å². The van der Waals surface area contributed by atoms with Gasteiger partial charge in [-0.25, -0.2) is 22.8 Å². The molecule has 0 bridgehead atoms. The van der Waals surface area contributed by atoms with Crippen molar-refractivity contribution in [3.05, 3.63) is 41.7 Å². The van der Waals surface area contributed by atoms with Crippen molar-refractivity contribution in [2.45, 2.75) is 38.9 Å². The number of nitrogens with two attached hydrogens (primary N) is 1. The Morgan fingerprint density at radius 3 is 2.75 bits per heavy atom. The van der Waals surface area contributed by atoms with Gasteiger partial charge in [-0.1, -0.05) is 17.4 Å². The van der Waals surface area contributed by atoms with Crippen LogP contribution in [0, 0.1) is 11.6 Å². The Morgan fingerprint density at radius 2 is 2.03 bits per heavy atom. The van der Waals surface area contributed by atoms with Gasteiger partial charge in [0.25, 0.3) is 5.91 Å². The minimum atomic E-state index is -0.844. The first-order valence-corrected chi connectivity index (χ1v) is 11.2. The molecule has 1 amide bonds. The fourth-order valence-corrected chi connectivity index (χ4v) is 4.66. The first kappa shape index (κ1) is 22.1. The van der Waals surface area contributed by atoms with E-state index >= 15 is 0 Å². The minimum absolute atomic E-state index is 0.0192. The van der Waals surface area contributed by atoms with Crippen LogP contribution in [0.25, 0.3) is 10.6 Å². The number of hydrogen-bond acceptors (Lipinski definition) is 6. The molecule has 170 valence electrons. The first-order chi connectivity index (χ1) is 15.4. The molecule has 7 nitrogen and oxygen atoms in total. The quantitative estimate of drug-likeness (QED) is 0.582. The molecule has 0 saturated carbocycles. The highest BCUT2D eigenvalue weighted by atomic mass is 32.1. The van der Waals surface area contributed by atoms with E-state index in [2.05, 4.69) is 15.4 Å². The van der Waals surface area contributed by atoms with Crippen LogP contribution >= 0.6 is 11.3 Å². The summed E-state index contributed by atoms with van der Waals surface area (Å²) in [5, 5.41) is 7.11. The number of thiazole rings is 1.